The van der Waals surface area contributed by atoms with Crippen LogP contribution in [-0.2, 0) is 26.5 Å². The van der Waals surface area contributed by atoms with Crippen molar-refractivity contribution in [1.82, 2.24) is 9.97 Å². The van der Waals surface area contributed by atoms with Gasteiger partial charge in [-0.25, -0.2) is 8.78 Å². The highest BCUT2D eigenvalue weighted by Gasteiger charge is 2.43. The Morgan fingerprint density at radius 1 is 0.647 bits per heavy atom. The third-order valence-electron chi connectivity index (χ3n) is 14.2. The highest BCUT2D eigenvalue weighted by atomic mass is 35.5. The van der Waals surface area contributed by atoms with Crippen LogP contribution in [0.3, 0.4) is 0 Å². The van der Waals surface area contributed by atoms with Gasteiger partial charge in [-0.15, -0.1) is 0 Å². The second kappa shape index (κ2) is 23.8. The lowest BCUT2D eigenvalue weighted by molar-refractivity contribution is -0.111. The molecule has 4 aromatic rings. The number of halogens is 4. The van der Waals surface area contributed by atoms with Gasteiger partial charge in [0.25, 0.3) is 0 Å². The van der Waals surface area contributed by atoms with E-state index in [2.05, 4.69) is 114 Å². The first-order valence-electron chi connectivity index (χ1n) is 23.5. The van der Waals surface area contributed by atoms with E-state index in [4.69, 9.17) is 46.5 Å². The van der Waals surface area contributed by atoms with Crippen molar-refractivity contribution >= 4 is 46.1 Å². The highest BCUT2D eigenvalue weighted by molar-refractivity contribution is 6.74. The van der Waals surface area contributed by atoms with Crippen LogP contribution in [0.2, 0.25) is 46.3 Å². The van der Waals surface area contributed by atoms with Gasteiger partial charge in [-0.2, -0.15) is 0 Å². The SMILES string of the molecule is COc1cc(Cc2cccc(Cl)c2F)cnc1C(C=O)[C@H](CO[Si](C)(C)C(C)(C)C)C(C)(C)C.COc1cc(Cc2cccc(Cl)c2F)cnc1C(CO)[C@H](CO[Si](C)(C)C(C)(C)C)C(C)(C)C. The topological polar surface area (TPSA) is 100 Å². The fourth-order valence-electron chi connectivity index (χ4n) is 7.50. The molecule has 0 fully saturated rings. The molecule has 2 heterocycles. The van der Waals surface area contributed by atoms with Crippen molar-refractivity contribution in [3.05, 3.63) is 116 Å². The van der Waals surface area contributed by atoms with E-state index < -0.39 is 34.2 Å². The molecule has 0 aliphatic rings. The largest absolute Gasteiger partial charge is 0.495 e. The number of nitrogens with zero attached hydrogens (tertiary/aromatic N) is 2. The number of ether oxygens (including phenoxy) is 2. The second-order valence-electron chi connectivity index (χ2n) is 23.2. The lowest BCUT2D eigenvalue weighted by atomic mass is 9.72. The third kappa shape index (κ3) is 15.4. The van der Waals surface area contributed by atoms with Gasteiger partial charge < -0.3 is 28.2 Å². The Labute approximate surface area is 419 Å². The summed E-state index contributed by atoms with van der Waals surface area (Å²) in [6.07, 6.45) is 5.03. The average molecular weight is 1020 g/mol. The molecule has 8 nitrogen and oxygen atoms in total. The van der Waals surface area contributed by atoms with Crippen LogP contribution < -0.4 is 9.47 Å². The Hall–Kier alpha value is -3.24. The first kappa shape index (κ1) is 59.1. The standard InChI is InChI=1S/C27H41ClFNO3Si.C27H39ClFNO3Si/c2*1-26(2,3)21(17-33-34(8,9)27(4,5)6)20(16-31)25-23(32-7)14-18(15-30-25)13-19-11-10-12-22(28)24(19)29/h10-12,14-15,20-21,31H,13,16-17H2,1-9H3;10-12,14-16,20-21H,13,17H2,1-9H3/t2*20?,21-/m00/s1. The van der Waals surface area contributed by atoms with Gasteiger partial charge >= 0.3 is 0 Å². The van der Waals surface area contributed by atoms with Crippen LogP contribution in [0.15, 0.2) is 60.9 Å². The Bertz CT molecular complexity index is 2290. The molecule has 4 atom stereocenters. The quantitative estimate of drug-likeness (QED) is 0.0777. The molecule has 0 saturated carbocycles. The normalized spacial score (nSPS) is 14.6. The molecule has 0 amide bonds. The van der Waals surface area contributed by atoms with Crippen LogP contribution in [0.5, 0.6) is 11.5 Å². The molecular weight excluding hydrogens is 938 g/mol. The molecule has 0 aliphatic carbocycles. The number of rotatable bonds is 18. The highest BCUT2D eigenvalue weighted by Crippen LogP contribution is 2.45. The summed E-state index contributed by atoms with van der Waals surface area (Å²) >= 11 is 11.9. The monoisotopic (exact) mass is 1020 g/mol. The van der Waals surface area contributed by atoms with Crippen molar-refractivity contribution in [1.29, 1.82) is 0 Å². The fraction of sp³-hybridized carbons (Fsp3) is 0.574. The number of hydrogen-bond donors (Lipinski definition) is 1. The molecule has 1 N–H and O–H groups in total. The van der Waals surface area contributed by atoms with Crippen LogP contribution >= 0.6 is 23.2 Å². The van der Waals surface area contributed by atoms with E-state index >= 15 is 0 Å². The van der Waals surface area contributed by atoms with Gasteiger partial charge in [0, 0.05) is 50.3 Å². The van der Waals surface area contributed by atoms with Gasteiger partial charge in [0.05, 0.1) is 48.2 Å². The van der Waals surface area contributed by atoms with Gasteiger partial charge in [-0.1, -0.05) is 131 Å². The smallest absolute Gasteiger partial charge is 0.191 e. The molecule has 68 heavy (non-hydrogen) atoms. The first-order valence-corrected chi connectivity index (χ1v) is 30.1. The summed E-state index contributed by atoms with van der Waals surface area (Å²) in [5.41, 5.74) is 3.49. The zero-order valence-corrected chi connectivity index (χ0v) is 47.6. The Morgan fingerprint density at radius 2 is 1.03 bits per heavy atom. The molecule has 0 radical (unpaired) electrons. The predicted octanol–water partition coefficient (Wildman–Crippen LogP) is 14.7. The third-order valence-corrected chi connectivity index (χ3v) is 23.8. The minimum atomic E-state index is -2.00. The number of aliphatic hydroxyl groups is 1. The van der Waals surface area contributed by atoms with E-state index in [9.17, 15) is 18.7 Å². The van der Waals surface area contributed by atoms with Crippen molar-refractivity contribution < 1.29 is 37.0 Å². The van der Waals surface area contributed by atoms with Gasteiger partial charge in [-0.05, 0) is 99.5 Å². The molecule has 14 heteroatoms. The van der Waals surface area contributed by atoms with Crippen molar-refractivity contribution in [3.63, 3.8) is 0 Å². The average Bonchev–Trinajstić information content (AvgIpc) is 3.23. The molecule has 2 unspecified atom stereocenters. The summed E-state index contributed by atoms with van der Waals surface area (Å²) in [7, 11) is -0.820. The summed E-state index contributed by atoms with van der Waals surface area (Å²) in [5, 5.41) is 10.8. The van der Waals surface area contributed by atoms with Crippen molar-refractivity contribution in [2.45, 2.75) is 144 Å². The first-order chi connectivity index (χ1) is 31.2. The molecule has 2 aromatic carbocycles. The summed E-state index contributed by atoms with van der Waals surface area (Å²) in [5.74, 6) is -0.613. The van der Waals surface area contributed by atoms with Crippen LogP contribution in [-0.4, -0.2) is 72.0 Å². The van der Waals surface area contributed by atoms with Crippen LogP contribution in [0.25, 0.3) is 0 Å². The maximum absolute atomic E-state index is 14.4. The van der Waals surface area contributed by atoms with E-state index in [1.54, 1.807) is 50.9 Å². The number of benzene rings is 2. The summed E-state index contributed by atoms with van der Waals surface area (Å²) < 4.78 is 53.3. The number of carbonyl (C=O) groups is 1. The molecule has 0 saturated heterocycles. The summed E-state index contributed by atoms with van der Waals surface area (Å²) in [4.78, 5) is 21.8. The molecule has 0 spiro atoms. The number of aldehydes is 1. The summed E-state index contributed by atoms with van der Waals surface area (Å²) in [6, 6.07) is 13.6. The Kier molecular flexibility index (Phi) is 20.7. The number of aromatic nitrogens is 2. The zero-order valence-electron chi connectivity index (χ0n) is 44.1. The lowest BCUT2D eigenvalue weighted by Gasteiger charge is -2.42. The Morgan fingerprint density at radius 3 is 1.38 bits per heavy atom. The van der Waals surface area contributed by atoms with Gasteiger partial charge in [0.1, 0.15) is 29.4 Å². The molecular formula is C54H80Cl2F2N2O6Si2. The van der Waals surface area contributed by atoms with E-state index in [-0.39, 0.29) is 55.3 Å². The fourth-order valence-corrected chi connectivity index (χ4v) is 9.94. The molecule has 2 aromatic heterocycles. The summed E-state index contributed by atoms with van der Waals surface area (Å²) in [6.45, 7) is 35.9. The second-order valence-corrected chi connectivity index (χ2v) is 33.6. The van der Waals surface area contributed by atoms with Crippen molar-refractivity contribution in [2.75, 3.05) is 34.0 Å². The van der Waals surface area contributed by atoms with Crippen molar-refractivity contribution in [2.24, 2.45) is 22.7 Å². The van der Waals surface area contributed by atoms with Crippen LogP contribution in [0, 0.1) is 34.3 Å². The number of pyridine rings is 2. The number of hydrogen-bond acceptors (Lipinski definition) is 8. The van der Waals surface area contributed by atoms with E-state index in [0.29, 0.717) is 60.1 Å². The van der Waals surface area contributed by atoms with Crippen LogP contribution in [0.4, 0.5) is 8.78 Å². The zero-order chi connectivity index (χ0) is 51.8. The van der Waals surface area contributed by atoms with Crippen molar-refractivity contribution in [3.8, 4) is 11.5 Å². The minimum absolute atomic E-state index is 0.0178. The maximum Gasteiger partial charge on any atom is 0.191 e. The van der Waals surface area contributed by atoms with Gasteiger partial charge in [0.2, 0.25) is 0 Å². The van der Waals surface area contributed by atoms with E-state index in [1.165, 1.54) is 12.1 Å². The number of methoxy groups -OCH3 is 2. The molecule has 4 rings (SSSR count). The molecule has 378 valence electrons. The molecule has 0 bridgehead atoms. The van der Waals surface area contributed by atoms with Gasteiger partial charge in [-0.3, -0.25) is 9.97 Å². The minimum Gasteiger partial charge on any atom is -0.495 e. The van der Waals surface area contributed by atoms with E-state index in [0.717, 1.165) is 17.4 Å². The number of carbonyl (C=O) groups excluding carboxylic acids is 1. The Balaban J connectivity index is 0.000000360. The van der Waals surface area contributed by atoms with Gasteiger partial charge in [0.15, 0.2) is 16.6 Å². The maximum atomic E-state index is 14.4. The predicted molar refractivity (Wildman–Crippen MR) is 281 cm³/mol. The molecule has 0 aliphatic heterocycles. The number of aliphatic hydroxyl groups excluding tert-OH is 1. The lowest BCUT2D eigenvalue weighted by Crippen LogP contribution is -2.44. The van der Waals surface area contributed by atoms with Crippen LogP contribution in [0.1, 0.15) is 129 Å². The van der Waals surface area contributed by atoms with E-state index in [1.807, 2.05) is 12.1 Å².